The maximum absolute atomic E-state index is 11.1. The van der Waals surface area contributed by atoms with E-state index < -0.39 is 0 Å². The lowest BCUT2D eigenvalue weighted by Gasteiger charge is -2.44. The minimum Gasteiger partial charge on any atom is -0.389 e. The van der Waals surface area contributed by atoms with Crippen molar-refractivity contribution in [2.75, 3.05) is 0 Å². The molecule has 0 heterocycles. The fraction of sp³-hybridized carbons (Fsp3) is 1.00. The van der Waals surface area contributed by atoms with Crippen LogP contribution < -0.4 is 0 Å². The Labute approximate surface area is 99.6 Å². The van der Waals surface area contributed by atoms with Crippen LogP contribution in [0.5, 0.6) is 0 Å². The summed E-state index contributed by atoms with van der Waals surface area (Å²) in [5.41, 5.74) is 0.505. The summed E-state index contributed by atoms with van der Waals surface area (Å²) in [5, 5.41) is 11.1. The second kappa shape index (κ2) is 3.04. The summed E-state index contributed by atoms with van der Waals surface area (Å²) in [6.45, 7) is 6.94. The van der Waals surface area contributed by atoms with Crippen LogP contribution in [0.15, 0.2) is 0 Å². The van der Waals surface area contributed by atoms with Crippen molar-refractivity contribution in [1.82, 2.24) is 0 Å². The highest BCUT2D eigenvalue weighted by Gasteiger charge is 2.76. The zero-order valence-electron chi connectivity index (χ0n) is 11.1. The summed E-state index contributed by atoms with van der Waals surface area (Å²) in [5.74, 6) is 1.53. The van der Waals surface area contributed by atoms with E-state index in [9.17, 15) is 5.11 Å². The molecule has 0 aromatic heterocycles. The fourth-order valence-electron chi connectivity index (χ4n) is 5.19. The van der Waals surface area contributed by atoms with Crippen LogP contribution in [0.4, 0.5) is 0 Å². The molecule has 3 saturated carbocycles. The maximum Gasteiger partial charge on any atom is 0.0711 e. The highest BCUT2D eigenvalue weighted by molar-refractivity contribution is 5.25. The summed E-state index contributed by atoms with van der Waals surface area (Å²) < 4.78 is 0. The van der Waals surface area contributed by atoms with Gasteiger partial charge in [-0.05, 0) is 55.8 Å². The quantitative estimate of drug-likeness (QED) is 0.771. The van der Waals surface area contributed by atoms with Crippen LogP contribution in [-0.2, 0) is 0 Å². The third-order valence-corrected chi connectivity index (χ3v) is 6.66. The van der Waals surface area contributed by atoms with Gasteiger partial charge in [-0.1, -0.05) is 27.2 Å². The van der Waals surface area contributed by atoms with Gasteiger partial charge in [0.1, 0.15) is 0 Å². The summed E-state index contributed by atoms with van der Waals surface area (Å²) >= 11 is 0. The van der Waals surface area contributed by atoms with E-state index in [0.29, 0.717) is 11.3 Å². The Balaban J connectivity index is 1.88. The molecule has 0 aromatic carbocycles. The lowest BCUT2D eigenvalue weighted by Crippen LogP contribution is -2.46. The van der Waals surface area contributed by atoms with Gasteiger partial charge in [-0.25, -0.2) is 0 Å². The zero-order chi connectivity index (χ0) is 11.6. The van der Waals surface area contributed by atoms with E-state index in [1.165, 1.54) is 32.1 Å². The number of rotatable bonds is 3. The number of hydrogen-bond donors (Lipinski definition) is 1. The molecule has 0 aliphatic heterocycles. The lowest BCUT2D eigenvalue weighted by molar-refractivity contribution is -0.0936. The van der Waals surface area contributed by atoms with Crippen LogP contribution in [0, 0.1) is 22.7 Å². The van der Waals surface area contributed by atoms with Crippen LogP contribution in [0.25, 0.3) is 0 Å². The van der Waals surface area contributed by atoms with Crippen LogP contribution >= 0.6 is 0 Å². The molecule has 1 nitrogen and oxygen atoms in total. The zero-order valence-corrected chi connectivity index (χ0v) is 11.1. The van der Waals surface area contributed by atoms with Crippen LogP contribution in [0.3, 0.4) is 0 Å². The second-order valence-corrected chi connectivity index (χ2v) is 7.18. The van der Waals surface area contributed by atoms with Gasteiger partial charge in [0, 0.05) is 5.41 Å². The average Bonchev–Trinajstić information content (AvgIpc) is 2.96. The Morgan fingerprint density at radius 2 is 2.00 bits per heavy atom. The topological polar surface area (TPSA) is 20.2 Å². The Hall–Kier alpha value is -0.0400. The van der Waals surface area contributed by atoms with Gasteiger partial charge < -0.3 is 5.11 Å². The molecule has 3 fully saturated rings. The summed E-state index contributed by atoms with van der Waals surface area (Å²) in [6, 6.07) is 0. The lowest BCUT2D eigenvalue weighted by atomic mass is 9.65. The first-order valence-corrected chi connectivity index (χ1v) is 7.20. The third-order valence-electron chi connectivity index (χ3n) is 6.66. The predicted octanol–water partition coefficient (Wildman–Crippen LogP) is 3.75. The molecular formula is C15H26O. The Morgan fingerprint density at radius 3 is 2.50 bits per heavy atom. The molecule has 16 heavy (non-hydrogen) atoms. The van der Waals surface area contributed by atoms with Gasteiger partial charge in [0.25, 0.3) is 0 Å². The van der Waals surface area contributed by atoms with Crippen molar-refractivity contribution in [1.29, 1.82) is 0 Å². The molecule has 0 radical (unpaired) electrons. The van der Waals surface area contributed by atoms with Crippen LogP contribution in [0.2, 0.25) is 0 Å². The largest absolute Gasteiger partial charge is 0.389 e. The van der Waals surface area contributed by atoms with Gasteiger partial charge in [-0.3, -0.25) is 0 Å². The highest BCUT2D eigenvalue weighted by atomic mass is 16.3. The Bertz CT molecular complexity index is 307. The number of aliphatic hydroxyl groups is 1. The molecule has 0 aromatic rings. The van der Waals surface area contributed by atoms with E-state index in [1.54, 1.807) is 0 Å². The number of hydrogen-bond acceptors (Lipinski definition) is 1. The maximum atomic E-state index is 11.1. The molecule has 1 N–H and O–H groups in total. The molecule has 2 bridgehead atoms. The molecule has 1 heteroatoms. The molecule has 4 atom stereocenters. The van der Waals surface area contributed by atoms with E-state index in [0.717, 1.165) is 18.8 Å². The minimum absolute atomic E-state index is 0.258. The average molecular weight is 222 g/mol. The Kier molecular flexibility index (Phi) is 2.11. The van der Waals surface area contributed by atoms with E-state index in [1.807, 2.05) is 0 Å². The predicted molar refractivity (Wildman–Crippen MR) is 66.1 cm³/mol. The molecule has 3 aliphatic rings. The van der Waals surface area contributed by atoms with Gasteiger partial charge in [0.05, 0.1) is 5.60 Å². The minimum atomic E-state index is -0.332. The van der Waals surface area contributed by atoms with Crippen molar-refractivity contribution in [3.63, 3.8) is 0 Å². The summed E-state index contributed by atoms with van der Waals surface area (Å²) in [6.07, 6.45) is 8.82. The summed E-state index contributed by atoms with van der Waals surface area (Å²) in [4.78, 5) is 0. The van der Waals surface area contributed by atoms with Crippen LogP contribution in [0.1, 0.15) is 65.7 Å². The van der Waals surface area contributed by atoms with Crippen molar-refractivity contribution in [3.8, 4) is 0 Å². The van der Waals surface area contributed by atoms with Gasteiger partial charge in [0.2, 0.25) is 0 Å². The van der Waals surface area contributed by atoms with Crippen molar-refractivity contribution >= 4 is 0 Å². The van der Waals surface area contributed by atoms with E-state index in [4.69, 9.17) is 0 Å². The Morgan fingerprint density at radius 1 is 1.31 bits per heavy atom. The fourth-order valence-corrected chi connectivity index (χ4v) is 5.19. The molecule has 0 amide bonds. The van der Waals surface area contributed by atoms with E-state index in [-0.39, 0.29) is 11.0 Å². The standard InChI is InChI=1S/C15H26O/c1-4-11(2)9-15(16)10-12-5-6-13(15,3)14(12)7-8-14/h11-12,16H,4-10H2,1-3H3/t11?,12-,13-,15-/m1/s1. The van der Waals surface area contributed by atoms with Crippen molar-refractivity contribution in [2.45, 2.75) is 71.3 Å². The van der Waals surface area contributed by atoms with E-state index >= 15 is 0 Å². The van der Waals surface area contributed by atoms with E-state index in [2.05, 4.69) is 20.8 Å². The normalized spacial score (nSPS) is 49.9. The van der Waals surface area contributed by atoms with Crippen molar-refractivity contribution in [3.05, 3.63) is 0 Å². The van der Waals surface area contributed by atoms with Gasteiger partial charge in [-0.2, -0.15) is 0 Å². The first kappa shape index (κ1) is 11.1. The molecule has 1 spiro atoms. The van der Waals surface area contributed by atoms with Gasteiger partial charge in [-0.15, -0.1) is 0 Å². The molecule has 0 saturated heterocycles. The van der Waals surface area contributed by atoms with Crippen molar-refractivity contribution in [2.24, 2.45) is 22.7 Å². The smallest absolute Gasteiger partial charge is 0.0711 e. The molecule has 92 valence electrons. The van der Waals surface area contributed by atoms with Gasteiger partial charge in [0.15, 0.2) is 0 Å². The first-order valence-electron chi connectivity index (χ1n) is 7.20. The first-order chi connectivity index (χ1) is 7.47. The van der Waals surface area contributed by atoms with Crippen molar-refractivity contribution < 1.29 is 5.11 Å². The molecular weight excluding hydrogens is 196 g/mol. The monoisotopic (exact) mass is 222 g/mol. The molecule has 3 rings (SSSR count). The SMILES string of the molecule is CCC(C)C[C@@]1(O)C[C@H]2CC[C@]1(C)C21CC1. The third kappa shape index (κ3) is 1.06. The second-order valence-electron chi connectivity index (χ2n) is 7.18. The van der Waals surface area contributed by atoms with Crippen LogP contribution in [-0.4, -0.2) is 10.7 Å². The summed E-state index contributed by atoms with van der Waals surface area (Å²) in [7, 11) is 0. The van der Waals surface area contributed by atoms with Gasteiger partial charge >= 0.3 is 0 Å². The highest BCUT2D eigenvalue weighted by Crippen LogP contribution is 2.80. The molecule has 3 aliphatic carbocycles. The molecule has 1 unspecified atom stereocenters.